The maximum absolute atomic E-state index is 11.9. The topological polar surface area (TPSA) is 69.6 Å². The van der Waals surface area contributed by atoms with Crippen LogP contribution >= 0.6 is 15.9 Å². The highest BCUT2D eigenvalue weighted by Crippen LogP contribution is 2.21. The van der Waals surface area contributed by atoms with Gasteiger partial charge in [0, 0.05) is 17.4 Å². The number of nitrogens with zero attached hydrogens (tertiary/aromatic N) is 1. The van der Waals surface area contributed by atoms with E-state index in [4.69, 9.17) is 5.11 Å². The molecule has 0 aromatic heterocycles. The quantitative estimate of drug-likeness (QED) is 0.864. The summed E-state index contributed by atoms with van der Waals surface area (Å²) < 4.78 is 0.671. The molecular formula is C14H17BrN2O3. The number of halogens is 1. The molecule has 1 amide bonds. The zero-order chi connectivity index (χ0) is 14.5. The number of carboxylic acids is 1. The van der Waals surface area contributed by atoms with Crippen LogP contribution in [-0.4, -0.2) is 41.5 Å². The van der Waals surface area contributed by atoms with Gasteiger partial charge in [0.15, 0.2) is 0 Å². The van der Waals surface area contributed by atoms with E-state index >= 15 is 0 Å². The number of hydrogen-bond donors (Lipinski definition) is 2. The predicted molar refractivity (Wildman–Crippen MR) is 80.0 cm³/mol. The zero-order valence-corrected chi connectivity index (χ0v) is 12.6. The Morgan fingerprint density at radius 1 is 1.30 bits per heavy atom. The highest BCUT2D eigenvalue weighted by atomic mass is 79.9. The van der Waals surface area contributed by atoms with Gasteiger partial charge >= 0.3 is 5.97 Å². The van der Waals surface area contributed by atoms with Crippen molar-refractivity contribution in [2.24, 2.45) is 0 Å². The predicted octanol–water partition coefficient (Wildman–Crippen LogP) is 2.57. The van der Waals surface area contributed by atoms with E-state index in [2.05, 4.69) is 26.1 Å². The Morgan fingerprint density at radius 3 is 2.65 bits per heavy atom. The molecule has 1 aromatic rings. The van der Waals surface area contributed by atoms with E-state index in [-0.39, 0.29) is 11.5 Å². The lowest BCUT2D eigenvalue weighted by molar-refractivity contribution is -0.116. The molecule has 6 heteroatoms. The van der Waals surface area contributed by atoms with Crippen LogP contribution in [0.4, 0.5) is 5.69 Å². The van der Waals surface area contributed by atoms with E-state index in [1.165, 1.54) is 18.9 Å². The molecule has 1 aliphatic rings. The Labute approximate surface area is 126 Å². The van der Waals surface area contributed by atoms with Gasteiger partial charge in [-0.1, -0.05) is 15.9 Å². The zero-order valence-electron chi connectivity index (χ0n) is 11.1. The summed E-state index contributed by atoms with van der Waals surface area (Å²) in [5.74, 6) is -1.21. The average Bonchev–Trinajstić information content (AvgIpc) is 2.91. The highest BCUT2D eigenvalue weighted by Gasteiger charge is 2.15. The van der Waals surface area contributed by atoms with E-state index in [0.717, 1.165) is 19.6 Å². The van der Waals surface area contributed by atoms with E-state index in [0.29, 0.717) is 16.6 Å². The van der Waals surface area contributed by atoms with Crippen molar-refractivity contribution in [2.75, 3.05) is 25.0 Å². The molecule has 0 bridgehead atoms. The normalized spacial score (nSPS) is 15.2. The first-order valence-corrected chi connectivity index (χ1v) is 7.40. The van der Waals surface area contributed by atoms with Crippen molar-refractivity contribution < 1.29 is 14.7 Å². The number of carbonyl (C=O) groups excluding carboxylic acids is 1. The Kier molecular flexibility index (Phi) is 5.14. The van der Waals surface area contributed by atoms with Gasteiger partial charge in [0.1, 0.15) is 0 Å². The standard InChI is InChI=1S/C14H17BrN2O3/c15-10-3-4-12(11(9-10)14(19)20)16-13(18)5-8-17-6-1-2-7-17/h3-4,9H,1-2,5-8H2,(H,16,18)(H,19,20). The second-order valence-corrected chi connectivity index (χ2v) is 5.76. The summed E-state index contributed by atoms with van der Waals surface area (Å²) in [6.07, 6.45) is 2.77. The van der Waals surface area contributed by atoms with Crippen LogP contribution in [0.5, 0.6) is 0 Å². The molecule has 0 saturated carbocycles. The van der Waals surface area contributed by atoms with Crippen LogP contribution in [0.15, 0.2) is 22.7 Å². The van der Waals surface area contributed by atoms with E-state index < -0.39 is 5.97 Å². The summed E-state index contributed by atoms with van der Waals surface area (Å²) in [6, 6.07) is 4.79. The Hall–Kier alpha value is -1.40. The average molecular weight is 341 g/mol. The molecule has 1 aliphatic heterocycles. The summed E-state index contributed by atoms with van der Waals surface area (Å²) in [5, 5.41) is 11.8. The summed E-state index contributed by atoms with van der Waals surface area (Å²) in [6.45, 7) is 2.82. The van der Waals surface area contributed by atoms with Crippen molar-refractivity contribution in [3.05, 3.63) is 28.2 Å². The van der Waals surface area contributed by atoms with E-state index in [9.17, 15) is 9.59 Å². The lowest BCUT2D eigenvalue weighted by Crippen LogP contribution is -2.25. The van der Waals surface area contributed by atoms with Crippen molar-refractivity contribution in [2.45, 2.75) is 19.3 Å². The molecule has 0 unspecified atom stereocenters. The van der Waals surface area contributed by atoms with Gasteiger partial charge in [0.05, 0.1) is 11.3 Å². The van der Waals surface area contributed by atoms with Crippen molar-refractivity contribution in [1.82, 2.24) is 4.90 Å². The molecule has 1 heterocycles. The summed E-state index contributed by atoms with van der Waals surface area (Å²) in [7, 11) is 0. The van der Waals surface area contributed by atoms with Gasteiger partial charge in [-0.15, -0.1) is 0 Å². The van der Waals surface area contributed by atoms with Crippen LogP contribution < -0.4 is 5.32 Å². The number of carboxylic acid groups (broad SMARTS) is 1. The minimum Gasteiger partial charge on any atom is -0.478 e. The van der Waals surface area contributed by atoms with Gasteiger partial charge in [0.2, 0.25) is 5.91 Å². The molecule has 1 fully saturated rings. The van der Waals surface area contributed by atoms with Crippen LogP contribution in [0.25, 0.3) is 0 Å². The number of likely N-dealkylation sites (tertiary alicyclic amines) is 1. The van der Waals surface area contributed by atoms with Crippen molar-refractivity contribution in [3.63, 3.8) is 0 Å². The molecular weight excluding hydrogens is 324 g/mol. The van der Waals surface area contributed by atoms with Gasteiger partial charge in [-0.2, -0.15) is 0 Å². The van der Waals surface area contributed by atoms with Gasteiger partial charge in [0.25, 0.3) is 0 Å². The summed E-state index contributed by atoms with van der Waals surface area (Å²) in [5.41, 5.74) is 0.431. The van der Waals surface area contributed by atoms with Crippen molar-refractivity contribution in [1.29, 1.82) is 0 Å². The molecule has 5 nitrogen and oxygen atoms in total. The smallest absolute Gasteiger partial charge is 0.337 e. The van der Waals surface area contributed by atoms with Gasteiger partial charge in [-0.05, 0) is 44.1 Å². The fourth-order valence-corrected chi connectivity index (χ4v) is 2.64. The number of benzene rings is 1. The molecule has 108 valence electrons. The number of amides is 1. The molecule has 0 aliphatic carbocycles. The number of hydrogen-bond acceptors (Lipinski definition) is 3. The molecule has 20 heavy (non-hydrogen) atoms. The number of aromatic carboxylic acids is 1. The second-order valence-electron chi connectivity index (χ2n) is 4.84. The van der Waals surface area contributed by atoms with Crippen LogP contribution in [0.3, 0.4) is 0 Å². The number of nitrogens with one attached hydrogen (secondary N) is 1. The van der Waals surface area contributed by atoms with Crippen molar-refractivity contribution in [3.8, 4) is 0 Å². The number of carbonyl (C=O) groups is 2. The summed E-state index contributed by atoms with van der Waals surface area (Å²) >= 11 is 3.22. The number of rotatable bonds is 5. The fraction of sp³-hybridized carbons (Fsp3) is 0.429. The monoisotopic (exact) mass is 340 g/mol. The second kappa shape index (κ2) is 6.85. The largest absolute Gasteiger partial charge is 0.478 e. The lowest BCUT2D eigenvalue weighted by atomic mass is 10.1. The Balaban J connectivity index is 1.94. The first-order chi connectivity index (χ1) is 9.56. The van der Waals surface area contributed by atoms with Crippen molar-refractivity contribution >= 4 is 33.5 Å². The Morgan fingerprint density at radius 2 is 2.00 bits per heavy atom. The van der Waals surface area contributed by atoms with E-state index in [1.54, 1.807) is 12.1 Å². The van der Waals surface area contributed by atoms with E-state index in [1.807, 2.05) is 0 Å². The van der Waals surface area contributed by atoms with Crippen LogP contribution in [0.1, 0.15) is 29.6 Å². The molecule has 0 atom stereocenters. The molecule has 0 spiro atoms. The highest BCUT2D eigenvalue weighted by molar-refractivity contribution is 9.10. The molecule has 1 saturated heterocycles. The third kappa shape index (κ3) is 4.05. The molecule has 1 aromatic carbocycles. The van der Waals surface area contributed by atoms with Crippen LogP contribution in [0.2, 0.25) is 0 Å². The minimum atomic E-state index is -1.05. The maximum Gasteiger partial charge on any atom is 0.337 e. The molecule has 2 N–H and O–H groups in total. The SMILES string of the molecule is O=C(CCN1CCCC1)Nc1ccc(Br)cc1C(=O)O. The Bertz CT molecular complexity index is 513. The van der Waals surface area contributed by atoms with Crippen LogP contribution in [0, 0.1) is 0 Å². The first-order valence-electron chi connectivity index (χ1n) is 6.61. The molecule has 0 radical (unpaired) electrons. The lowest BCUT2D eigenvalue weighted by Gasteiger charge is -2.14. The maximum atomic E-state index is 11.9. The number of anilines is 1. The third-order valence-electron chi connectivity index (χ3n) is 3.34. The minimum absolute atomic E-state index is 0.0916. The summed E-state index contributed by atoms with van der Waals surface area (Å²) in [4.78, 5) is 25.3. The van der Waals surface area contributed by atoms with Crippen LogP contribution in [-0.2, 0) is 4.79 Å². The third-order valence-corrected chi connectivity index (χ3v) is 3.83. The van der Waals surface area contributed by atoms with Gasteiger partial charge in [-0.25, -0.2) is 4.79 Å². The van der Waals surface area contributed by atoms with Gasteiger partial charge < -0.3 is 15.3 Å². The van der Waals surface area contributed by atoms with Gasteiger partial charge in [-0.3, -0.25) is 4.79 Å². The molecule has 2 rings (SSSR count). The first kappa shape index (κ1) is 15.0. The fourth-order valence-electron chi connectivity index (χ4n) is 2.28.